The zero-order valence-corrected chi connectivity index (χ0v) is 20.2. The standard InChI is InChI=1S/C30H37N2O/c1-5-22-20-32(19-21-10-12-24(13-11-21)30(2,3)4)17-15-23(22)18-28(32)29(33)26-14-16-31-27-9-7-6-8-25(26)27/h5-14,16,22-23,28-29,33H,1,15,17-20H2,2-4H3/q+1/t22-,23?,28-,29+,32?/m0/s1. The fourth-order valence-electron chi connectivity index (χ4n) is 6.44. The fraction of sp³-hybridized carbons (Fsp3) is 0.433. The van der Waals surface area contributed by atoms with E-state index in [1.165, 1.54) is 17.5 Å². The second-order valence-corrected chi connectivity index (χ2v) is 11.3. The Labute approximate surface area is 198 Å². The SMILES string of the molecule is C=C[C@H]1C[N+]2(Cc3ccc(C(C)(C)C)cc3)CCC1C[C@H]2[C@H](O)c1ccnc2ccccc12. The molecule has 2 unspecified atom stereocenters. The maximum atomic E-state index is 11.8. The van der Waals surface area contributed by atoms with Crippen LogP contribution in [-0.2, 0) is 12.0 Å². The van der Waals surface area contributed by atoms with Gasteiger partial charge in [-0.25, -0.2) is 0 Å². The summed E-state index contributed by atoms with van der Waals surface area (Å²) >= 11 is 0. The summed E-state index contributed by atoms with van der Waals surface area (Å²) in [5.74, 6) is 1.16. The third-order valence-corrected chi connectivity index (χ3v) is 8.36. The Morgan fingerprint density at radius 3 is 2.61 bits per heavy atom. The van der Waals surface area contributed by atoms with Gasteiger partial charge in [0.2, 0.25) is 0 Å². The Morgan fingerprint density at radius 1 is 1.12 bits per heavy atom. The average molecular weight is 442 g/mol. The van der Waals surface area contributed by atoms with Crippen LogP contribution < -0.4 is 0 Å². The number of hydrogen-bond donors (Lipinski definition) is 1. The van der Waals surface area contributed by atoms with Gasteiger partial charge in [-0.3, -0.25) is 4.98 Å². The number of piperidine rings is 3. The number of benzene rings is 2. The lowest BCUT2D eigenvalue weighted by atomic mass is 9.71. The molecule has 5 atom stereocenters. The maximum absolute atomic E-state index is 11.8. The number of aromatic nitrogens is 1. The second-order valence-electron chi connectivity index (χ2n) is 11.3. The van der Waals surface area contributed by atoms with E-state index in [1.54, 1.807) is 0 Å². The number of aliphatic hydroxyl groups excluding tert-OH is 1. The Hall–Kier alpha value is -2.49. The van der Waals surface area contributed by atoms with Gasteiger partial charge in [0.05, 0.1) is 18.6 Å². The van der Waals surface area contributed by atoms with Crippen LogP contribution in [0.4, 0.5) is 0 Å². The van der Waals surface area contributed by atoms with E-state index in [1.807, 2.05) is 30.5 Å². The first-order valence-corrected chi connectivity index (χ1v) is 12.4. The highest BCUT2D eigenvalue weighted by Gasteiger charge is 2.54. The van der Waals surface area contributed by atoms with Crippen LogP contribution in [0.5, 0.6) is 0 Å². The minimum absolute atomic E-state index is 0.156. The lowest BCUT2D eigenvalue weighted by Crippen LogP contribution is -2.67. The largest absolute Gasteiger partial charge is 0.382 e. The van der Waals surface area contributed by atoms with Gasteiger partial charge in [-0.15, -0.1) is 6.58 Å². The Bertz CT molecular complexity index is 1140. The number of fused-ring (bicyclic) bond motifs is 4. The lowest BCUT2D eigenvalue weighted by molar-refractivity contribution is -0.984. The number of nitrogens with zero attached hydrogens (tertiary/aromatic N) is 2. The summed E-state index contributed by atoms with van der Waals surface area (Å²) in [5.41, 5.74) is 4.87. The summed E-state index contributed by atoms with van der Waals surface area (Å²) < 4.78 is 0.944. The number of rotatable bonds is 5. The van der Waals surface area contributed by atoms with Gasteiger partial charge in [-0.2, -0.15) is 0 Å². The molecule has 0 amide bonds. The van der Waals surface area contributed by atoms with Crippen LogP contribution in [-0.4, -0.2) is 33.7 Å². The molecule has 2 aromatic carbocycles. The summed E-state index contributed by atoms with van der Waals surface area (Å²) in [6.45, 7) is 14.1. The predicted octanol–water partition coefficient (Wildman–Crippen LogP) is 6.18. The minimum Gasteiger partial charge on any atom is -0.382 e. The highest BCUT2D eigenvalue weighted by molar-refractivity contribution is 5.82. The van der Waals surface area contributed by atoms with Crippen molar-refractivity contribution >= 4 is 10.9 Å². The van der Waals surface area contributed by atoms with Crippen LogP contribution in [0.15, 0.2) is 73.4 Å². The Kier molecular flexibility index (Phi) is 5.66. The topological polar surface area (TPSA) is 33.1 Å². The summed E-state index contributed by atoms with van der Waals surface area (Å²) in [5, 5.41) is 12.9. The molecule has 1 N–H and O–H groups in total. The van der Waals surface area contributed by atoms with Crippen LogP contribution in [0, 0.1) is 11.8 Å². The van der Waals surface area contributed by atoms with E-state index in [4.69, 9.17) is 0 Å². The normalized spacial score (nSPS) is 28.1. The first-order valence-electron chi connectivity index (χ1n) is 12.4. The van der Waals surface area contributed by atoms with Gasteiger partial charge < -0.3 is 9.59 Å². The van der Waals surface area contributed by atoms with Crippen molar-refractivity contribution in [3.8, 4) is 0 Å². The molecule has 0 radical (unpaired) electrons. The van der Waals surface area contributed by atoms with Crippen molar-refractivity contribution < 1.29 is 9.59 Å². The molecule has 3 fully saturated rings. The molecule has 1 aromatic heterocycles. The molecular formula is C30H37N2O+. The molecule has 3 aliphatic rings. The van der Waals surface area contributed by atoms with Gasteiger partial charge in [0.1, 0.15) is 18.7 Å². The number of para-hydroxylation sites is 1. The summed E-state index contributed by atoms with van der Waals surface area (Å²) in [4.78, 5) is 4.53. The summed E-state index contributed by atoms with van der Waals surface area (Å²) in [6, 6.07) is 19.6. The second kappa shape index (κ2) is 8.38. The fourth-order valence-corrected chi connectivity index (χ4v) is 6.44. The monoisotopic (exact) mass is 441 g/mol. The van der Waals surface area contributed by atoms with E-state index >= 15 is 0 Å². The van der Waals surface area contributed by atoms with E-state index in [-0.39, 0.29) is 11.5 Å². The van der Waals surface area contributed by atoms with Gasteiger partial charge >= 0.3 is 0 Å². The van der Waals surface area contributed by atoms with Gasteiger partial charge in [0.25, 0.3) is 0 Å². The molecule has 3 heteroatoms. The van der Waals surface area contributed by atoms with Crippen molar-refractivity contribution in [3.63, 3.8) is 0 Å². The smallest absolute Gasteiger partial charge is 0.131 e. The van der Waals surface area contributed by atoms with Crippen molar-refractivity contribution in [3.05, 3.63) is 90.1 Å². The van der Waals surface area contributed by atoms with Crippen molar-refractivity contribution in [2.24, 2.45) is 11.8 Å². The third-order valence-electron chi connectivity index (χ3n) is 8.36. The quantitative estimate of drug-likeness (QED) is 0.379. The van der Waals surface area contributed by atoms with Gasteiger partial charge in [0, 0.05) is 35.9 Å². The molecule has 0 aliphatic carbocycles. The molecule has 3 aliphatic heterocycles. The lowest BCUT2D eigenvalue weighted by Gasteiger charge is -2.58. The maximum Gasteiger partial charge on any atom is 0.131 e. The molecule has 0 saturated carbocycles. The number of hydrogen-bond acceptors (Lipinski definition) is 2. The molecule has 4 heterocycles. The van der Waals surface area contributed by atoms with Crippen molar-refractivity contribution in [2.45, 2.75) is 57.7 Å². The van der Waals surface area contributed by atoms with E-state index < -0.39 is 6.10 Å². The molecular weight excluding hydrogens is 404 g/mol. The molecule has 2 bridgehead atoms. The van der Waals surface area contributed by atoms with Crippen LogP contribution in [0.3, 0.4) is 0 Å². The Morgan fingerprint density at radius 2 is 1.88 bits per heavy atom. The number of aliphatic hydroxyl groups is 1. The molecule has 0 spiro atoms. The number of pyridine rings is 1. The van der Waals surface area contributed by atoms with Crippen molar-refractivity contribution in [1.29, 1.82) is 0 Å². The zero-order valence-electron chi connectivity index (χ0n) is 20.2. The van der Waals surface area contributed by atoms with E-state index in [0.717, 1.165) is 47.0 Å². The molecule has 33 heavy (non-hydrogen) atoms. The average Bonchev–Trinajstić information content (AvgIpc) is 2.83. The van der Waals surface area contributed by atoms with Crippen LogP contribution in [0.1, 0.15) is 56.4 Å². The van der Waals surface area contributed by atoms with E-state index in [0.29, 0.717) is 11.8 Å². The van der Waals surface area contributed by atoms with Gasteiger partial charge in [0.15, 0.2) is 0 Å². The summed E-state index contributed by atoms with van der Waals surface area (Å²) in [7, 11) is 0. The van der Waals surface area contributed by atoms with Crippen LogP contribution >= 0.6 is 0 Å². The highest BCUT2D eigenvalue weighted by Crippen LogP contribution is 2.48. The van der Waals surface area contributed by atoms with Crippen LogP contribution in [0.2, 0.25) is 0 Å². The molecule has 172 valence electrons. The van der Waals surface area contributed by atoms with Crippen LogP contribution in [0.25, 0.3) is 10.9 Å². The first kappa shape index (κ1) is 22.3. The third kappa shape index (κ3) is 4.02. The van der Waals surface area contributed by atoms with Gasteiger partial charge in [-0.1, -0.05) is 69.3 Å². The molecule has 3 saturated heterocycles. The van der Waals surface area contributed by atoms with Gasteiger partial charge in [-0.05, 0) is 34.6 Å². The molecule has 3 aromatic rings. The predicted molar refractivity (Wildman–Crippen MR) is 136 cm³/mol. The van der Waals surface area contributed by atoms with Crippen molar-refractivity contribution in [2.75, 3.05) is 13.1 Å². The van der Waals surface area contributed by atoms with E-state index in [2.05, 4.69) is 68.7 Å². The zero-order chi connectivity index (χ0) is 23.2. The highest BCUT2D eigenvalue weighted by atomic mass is 16.3. The van der Waals surface area contributed by atoms with E-state index in [9.17, 15) is 5.11 Å². The minimum atomic E-state index is -0.500. The van der Waals surface area contributed by atoms with Crippen molar-refractivity contribution in [1.82, 2.24) is 4.98 Å². The Balaban J connectivity index is 1.51. The molecule has 3 nitrogen and oxygen atoms in total. The summed E-state index contributed by atoms with van der Waals surface area (Å²) in [6.07, 6.45) is 5.79. The molecule has 6 rings (SSSR count). The first-order chi connectivity index (χ1) is 15.8. The number of quaternary nitrogens is 1.